The Morgan fingerprint density at radius 3 is 2.64 bits per heavy atom. The fourth-order valence-electron chi connectivity index (χ4n) is 3.43. The van der Waals surface area contributed by atoms with Crippen molar-refractivity contribution in [3.63, 3.8) is 0 Å². The molecule has 1 amide bonds. The lowest BCUT2D eigenvalue weighted by Crippen LogP contribution is -2.30. The summed E-state index contributed by atoms with van der Waals surface area (Å²) in [5.74, 6) is 1.60. The lowest BCUT2D eigenvalue weighted by Gasteiger charge is -2.25. The first-order valence-corrected chi connectivity index (χ1v) is 8.26. The fourth-order valence-corrected chi connectivity index (χ4v) is 3.43. The van der Waals surface area contributed by atoms with Crippen LogP contribution in [-0.2, 0) is 6.54 Å². The Bertz CT molecular complexity index is 764. The summed E-state index contributed by atoms with van der Waals surface area (Å²) in [5.41, 5.74) is 8.46. The topological polar surface area (TPSA) is 64.8 Å². The van der Waals surface area contributed by atoms with Crippen molar-refractivity contribution >= 4 is 18.3 Å². The zero-order chi connectivity index (χ0) is 16.5. The van der Waals surface area contributed by atoms with Crippen molar-refractivity contribution in [2.75, 3.05) is 13.3 Å². The predicted octanol–water partition coefficient (Wildman–Crippen LogP) is 3.27. The lowest BCUT2D eigenvalue weighted by molar-refractivity contribution is 0.0735. The maximum atomic E-state index is 12.9. The molecular weight excluding hydrogens is 340 g/mol. The van der Waals surface area contributed by atoms with E-state index in [1.54, 1.807) is 0 Å². The number of rotatable bonds is 3. The van der Waals surface area contributed by atoms with Crippen LogP contribution >= 0.6 is 12.4 Å². The average Bonchev–Trinajstić information content (AvgIpc) is 3.29. The Morgan fingerprint density at radius 2 is 1.88 bits per heavy atom. The molecule has 2 N–H and O–H groups in total. The molecule has 2 aromatic rings. The van der Waals surface area contributed by atoms with Gasteiger partial charge >= 0.3 is 0 Å². The van der Waals surface area contributed by atoms with Gasteiger partial charge in [-0.25, -0.2) is 0 Å². The first-order valence-electron chi connectivity index (χ1n) is 8.26. The third kappa shape index (κ3) is 3.30. The smallest absolute Gasteiger partial charge is 0.254 e. The van der Waals surface area contributed by atoms with Crippen molar-refractivity contribution in [1.29, 1.82) is 0 Å². The number of hydrogen-bond donors (Lipinski definition) is 1. The van der Waals surface area contributed by atoms with Crippen molar-refractivity contribution < 1.29 is 14.3 Å². The molecule has 2 heterocycles. The third-order valence-corrected chi connectivity index (χ3v) is 4.73. The van der Waals surface area contributed by atoms with Gasteiger partial charge in [0.25, 0.3) is 5.91 Å². The van der Waals surface area contributed by atoms with Gasteiger partial charge in [-0.1, -0.05) is 18.2 Å². The standard InChI is InChI=1S/C19H20N2O3.ClH/c20-11-13-3-5-14(6-4-13)19(22)21-9-1-2-16(21)15-7-8-17-18(10-15)24-12-23-17;/h3-8,10,16H,1-2,9,11-12,20H2;1H. The maximum absolute atomic E-state index is 12.9. The highest BCUT2D eigenvalue weighted by Crippen LogP contribution is 2.39. The molecule has 1 saturated heterocycles. The minimum absolute atomic E-state index is 0. The molecule has 0 radical (unpaired) electrons. The molecule has 1 fully saturated rings. The monoisotopic (exact) mass is 360 g/mol. The van der Waals surface area contributed by atoms with E-state index < -0.39 is 0 Å². The van der Waals surface area contributed by atoms with Gasteiger partial charge in [-0.15, -0.1) is 12.4 Å². The van der Waals surface area contributed by atoms with Crippen LogP contribution in [0.3, 0.4) is 0 Å². The normalized spacial score (nSPS) is 18.1. The van der Waals surface area contributed by atoms with Gasteiger partial charge in [0, 0.05) is 18.7 Å². The summed E-state index contributed by atoms with van der Waals surface area (Å²) in [6.07, 6.45) is 1.97. The van der Waals surface area contributed by atoms with Crippen LogP contribution in [0.4, 0.5) is 0 Å². The minimum atomic E-state index is 0. The summed E-state index contributed by atoms with van der Waals surface area (Å²) >= 11 is 0. The van der Waals surface area contributed by atoms with E-state index in [-0.39, 0.29) is 31.1 Å². The number of nitrogens with two attached hydrogens (primary N) is 1. The highest BCUT2D eigenvalue weighted by molar-refractivity contribution is 5.94. The molecule has 0 aliphatic carbocycles. The molecule has 0 spiro atoms. The molecule has 0 saturated carbocycles. The lowest BCUT2D eigenvalue weighted by atomic mass is 10.0. The van der Waals surface area contributed by atoms with Crippen LogP contribution in [0.15, 0.2) is 42.5 Å². The van der Waals surface area contributed by atoms with Gasteiger partial charge in [-0.3, -0.25) is 4.79 Å². The molecule has 0 bridgehead atoms. The Kier molecular flexibility index (Phi) is 5.16. The number of hydrogen-bond acceptors (Lipinski definition) is 4. The summed E-state index contributed by atoms with van der Waals surface area (Å²) in [6, 6.07) is 13.6. The molecule has 2 aliphatic heterocycles. The highest BCUT2D eigenvalue weighted by atomic mass is 35.5. The van der Waals surface area contributed by atoms with Crippen LogP contribution in [-0.4, -0.2) is 24.1 Å². The summed E-state index contributed by atoms with van der Waals surface area (Å²) < 4.78 is 10.8. The third-order valence-electron chi connectivity index (χ3n) is 4.73. The van der Waals surface area contributed by atoms with Crippen molar-refractivity contribution in [1.82, 2.24) is 4.90 Å². The Morgan fingerprint density at radius 1 is 1.12 bits per heavy atom. The van der Waals surface area contributed by atoms with Gasteiger partial charge in [-0.05, 0) is 48.2 Å². The van der Waals surface area contributed by atoms with Gasteiger partial charge < -0.3 is 20.1 Å². The second-order valence-corrected chi connectivity index (χ2v) is 6.17. The molecule has 2 aromatic carbocycles. The molecular formula is C19H21ClN2O3. The number of fused-ring (bicyclic) bond motifs is 1. The minimum Gasteiger partial charge on any atom is -0.454 e. The number of carbonyl (C=O) groups is 1. The van der Waals surface area contributed by atoms with E-state index in [0.717, 1.165) is 42.0 Å². The molecule has 5 nitrogen and oxygen atoms in total. The van der Waals surface area contributed by atoms with E-state index in [2.05, 4.69) is 0 Å². The van der Waals surface area contributed by atoms with Crippen LogP contribution in [0.25, 0.3) is 0 Å². The predicted molar refractivity (Wildman–Crippen MR) is 97.2 cm³/mol. The largest absolute Gasteiger partial charge is 0.454 e. The number of ether oxygens (including phenoxy) is 2. The summed E-state index contributed by atoms with van der Waals surface area (Å²) in [5, 5.41) is 0. The number of likely N-dealkylation sites (tertiary alicyclic amines) is 1. The zero-order valence-corrected chi connectivity index (χ0v) is 14.6. The number of halogens is 1. The van der Waals surface area contributed by atoms with Gasteiger partial charge in [-0.2, -0.15) is 0 Å². The SMILES string of the molecule is Cl.NCc1ccc(C(=O)N2CCCC2c2ccc3c(c2)OCO3)cc1. The number of carbonyl (C=O) groups excluding carboxylic acids is 1. The molecule has 132 valence electrons. The second-order valence-electron chi connectivity index (χ2n) is 6.17. The van der Waals surface area contributed by atoms with Gasteiger partial charge in [0.15, 0.2) is 11.5 Å². The van der Waals surface area contributed by atoms with Crippen LogP contribution < -0.4 is 15.2 Å². The summed E-state index contributed by atoms with van der Waals surface area (Å²) in [6.45, 7) is 1.52. The Balaban J connectivity index is 0.00000182. The molecule has 4 rings (SSSR count). The summed E-state index contributed by atoms with van der Waals surface area (Å²) in [7, 11) is 0. The van der Waals surface area contributed by atoms with Crippen molar-refractivity contribution in [3.05, 3.63) is 59.2 Å². The van der Waals surface area contributed by atoms with Gasteiger partial charge in [0.1, 0.15) is 0 Å². The molecule has 1 unspecified atom stereocenters. The van der Waals surface area contributed by atoms with Crippen LogP contribution in [0.1, 0.15) is 40.4 Å². The highest BCUT2D eigenvalue weighted by Gasteiger charge is 2.31. The Labute approximate surface area is 153 Å². The van der Waals surface area contributed by atoms with Crippen LogP contribution in [0, 0.1) is 0 Å². The quantitative estimate of drug-likeness (QED) is 0.912. The number of benzene rings is 2. The van der Waals surface area contributed by atoms with E-state index in [0.29, 0.717) is 12.1 Å². The van der Waals surface area contributed by atoms with Crippen molar-refractivity contribution in [3.8, 4) is 11.5 Å². The number of nitrogens with zero attached hydrogens (tertiary/aromatic N) is 1. The maximum Gasteiger partial charge on any atom is 0.254 e. The van der Waals surface area contributed by atoms with E-state index >= 15 is 0 Å². The van der Waals surface area contributed by atoms with Gasteiger partial charge in [0.05, 0.1) is 6.04 Å². The molecule has 0 aromatic heterocycles. The van der Waals surface area contributed by atoms with Gasteiger partial charge in [0.2, 0.25) is 6.79 Å². The summed E-state index contributed by atoms with van der Waals surface area (Å²) in [4.78, 5) is 14.9. The average molecular weight is 361 g/mol. The van der Waals surface area contributed by atoms with Crippen molar-refractivity contribution in [2.45, 2.75) is 25.4 Å². The molecule has 1 atom stereocenters. The zero-order valence-electron chi connectivity index (χ0n) is 13.8. The van der Waals surface area contributed by atoms with E-state index in [9.17, 15) is 4.79 Å². The molecule has 25 heavy (non-hydrogen) atoms. The molecule has 6 heteroatoms. The fraction of sp³-hybridized carbons (Fsp3) is 0.316. The first kappa shape index (κ1) is 17.6. The van der Waals surface area contributed by atoms with E-state index in [4.69, 9.17) is 15.2 Å². The van der Waals surface area contributed by atoms with Crippen molar-refractivity contribution in [2.24, 2.45) is 5.73 Å². The van der Waals surface area contributed by atoms with Crippen LogP contribution in [0.2, 0.25) is 0 Å². The van der Waals surface area contributed by atoms with Crippen LogP contribution in [0.5, 0.6) is 11.5 Å². The Hall–Kier alpha value is -2.24. The molecule has 2 aliphatic rings. The van der Waals surface area contributed by atoms with E-state index in [1.165, 1.54) is 0 Å². The van der Waals surface area contributed by atoms with E-state index in [1.807, 2.05) is 47.4 Å². The number of amides is 1. The first-order chi connectivity index (χ1) is 11.8. The second kappa shape index (κ2) is 7.33.